The number of rotatable bonds is 9. The smallest absolute Gasteiger partial charge is 0.191 e. The van der Waals surface area contributed by atoms with E-state index < -0.39 is 0 Å². The highest BCUT2D eigenvalue weighted by atomic mass is 32.1. The lowest BCUT2D eigenvalue weighted by Crippen LogP contribution is -2.37. The molecule has 26 heavy (non-hydrogen) atoms. The highest BCUT2D eigenvalue weighted by Gasteiger charge is 2.07. The standard InChI is InChI=1S/C20H28N4OS/c1-5-13-25-18-10-8-7-9-16(18)14-23-20(21-4)22-12-11-19-24-17(6-2)15(3)26-19/h5,7-10H,1,6,11-14H2,2-4H3,(H2,21,22,23). The number of aryl methyl sites for hydroxylation is 2. The molecule has 2 N–H and O–H groups in total. The van der Waals surface area contributed by atoms with Crippen LogP contribution in [0, 0.1) is 6.92 Å². The lowest BCUT2D eigenvalue weighted by atomic mass is 10.2. The molecular formula is C20H28N4OS. The summed E-state index contributed by atoms with van der Waals surface area (Å²) in [5.74, 6) is 1.63. The summed E-state index contributed by atoms with van der Waals surface area (Å²) in [4.78, 5) is 10.3. The van der Waals surface area contributed by atoms with Gasteiger partial charge in [0, 0.05) is 37.0 Å². The van der Waals surface area contributed by atoms with Gasteiger partial charge in [0.15, 0.2) is 5.96 Å². The minimum absolute atomic E-state index is 0.497. The molecule has 0 saturated heterocycles. The van der Waals surface area contributed by atoms with E-state index in [4.69, 9.17) is 4.74 Å². The van der Waals surface area contributed by atoms with Crippen molar-refractivity contribution in [2.24, 2.45) is 4.99 Å². The Bertz CT molecular complexity index is 739. The zero-order valence-corrected chi connectivity index (χ0v) is 16.7. The Balaban J connectivity index is 1.83. The van der Waals surface area contributed by atoms with E-state index in [1.165, 1.54) is 15.6 Å². The molecule has 6 heteroatoms. The number of guanidine groups is 1. The van der Waals surface area contributed by atoms with Gasteiger partial charge in [-0.1, -0.05) is 37.8 Å². The second-order valence-electron chi connectivity index (χ2n) is 5.77. The average molecular weight is 373 g/mol. The first-order valence-electron chi connectivity index (χ1n) is 8.89. The van der Waals surface area contributed by atoms with Crippen LogP contribution in [0.4, 0.5) is 0 Å². The van der Waals surface area contributed by atoms with Crippen LogP contribution in [-0.4, -0.2) is 31.1 Å². The van der Waals surface area contributed by atoms with Gasteiger partial charge in [-0.15, -0.1) is 11.3 Å². The number of para-hydroxylation sites is 1. The number of nitrogens with zero attached hydrogens (tertiary/aromatic N) is 2. The third-order valence-corrected chi connectivity index (χ3v) is 4.98. The molecule has 0 atom stereocenters. The lowest BCUT2D eigenvalue weighted by molar-refractivity contribution is 0.358. The Kier molecular flexibility index (Phi) is 8.15. The molecule has 0 amide bonds. The number of aliphatic imine (C=N–C) groups is 1. The number of aromatic nitrogens is 1. The van der Waals surface area contributed by atoms with Crippen molar-refractivity contribution in [1.29, 1.82) is 0 Å². The molecule has 5 nitrogen and oxygen atoms in total. The first kappa shape index (κ1) is 20.0. The van der Waals surface area contributed by atoms with Crippen LogP contribution < -0.4 is 15.4 Å². The van der Waals surface area contributed by atoms with Gasteiger partial charge in [0.05, 0.1) is 10.7 Å². The Morgan fingerprint density at radius 2 is 2.15 bits per heavy atom. The monoisotopic (exact) mass is 372 g/mol. The van der Waals surface area contributed by atoms with Crippen molar-refractivity contribution in [2.75, 3.05) is 20.2 Å². The molecule has 1 aromatic heterocycles. The van der Waals surface area contributed by atoms with Gasteiger partial charge in [-0.25, -0.2) is 4.98 Å². The second-order valence-corrected chi connectivity index (χ2v) is 7.06. The van der Waals surface area contributed by atoms with Crippen molar-refractivity contribution in [3.63, 3.8) is 0 Å². The van der Waals surface area contributed by atoms with Gasteiger partial charge in [0.25, 0.3) is 0 Å². The number of nitrogens with one attached hydrogen (secondary N) is 2. The van der Waals surface area contributed by atoms with Gasteiger partial charge in [-0.3, -0.25) is 4.99 Å². The summed E-state index contributed by atoms with van der Waals surface area (Å²) >= 11 is 1.78. The lowest BCUT2D eigenvalue weighted by Gasteiger charge is -2.14. The third-order valence-electron chi connectivity index (χ3n) is 3.90. The van der Waals surface area contributed by atoms with E-state index in [1.54, 1.807) is 24.5 Å². The van der Waals surface area contributed by atoms with Crippen LogP contribution in [0.25, 0.3) is 0 Å². The number of benzene rings is 1. The van der Waals surface area contributed by atoms with Crippen molar-refractivity contribution in [2.45, 2.75) is 33.2 Å². The van der Waals surface area contributed by atoms with Crippen LogP contribution in [0.2, 0.25) is 0 Å². The largest absolute Gasteiger partial charge is 0.489 e. The van der Waals surface area contributed by atoms with Crippen molar-refractivity contribution in [3.8, 4) is 5.75 Å². The van der Waals surface area contributed by atoms with E-state index in [0.717, 1.165) is 36.7 Å². The Hall–Kier alpha value is -2.34. The van der Waals surface area contributed by atoms with E-state index in [0.29, 0.717) is 13.2 Å². The molecule has 0 unspecified atom stereocenters. The highest BCUT2D eigenvalue weighted by Crippen LogP contribution is 2.18. The van der Waals surface area contributed by atoms with E-state index in [1.807, 2.05) is 24.3 Å². The number of hydrogen-bond acceptors (Lipinski definition) is 4. The molecule has 0 fully saturated rings. The third kappa shape index (κ3) is 5.88. The summed E-state index contributed by atoms with van der Waals surface area (Å²) in [6.45, 7) is 9.91. The van der Waals surface area contributed by atoms with Gasteiger partial charge in [0.2, 0.25) is 0 Å². The van der Waals surface area contributed by atoms with E-state index in [-0.39, 0.29) is 0 Å². The first-order chi connectivity index (χ1) is 12.7. The molecule has 0 aliphatic rings. The van der Waals surface area contributed by atoms with Crippen molar-refractivity contribution in [1.82, 2.24) is 15.6 Å². The Labute approximate surface area is 160 Å². The molecule has 140 valence electrons. The summed E-state index contributed by atoms with van der Waals surface area (Å²) in [5.41, 5.74) is 2.30. The summed E-state index contributed by atoms with van der Waals surface area (Å²) < 4.78 is 5.69. The van der Waals surface area contributed by atoms with Gasteiger partial charge in [-0.2, -0.15) is 0 Å². The fourth-order valence-electron chi connectivity index (χ4n) is 2.55. The van der Waals surface area contributed by atoms with Crippen LogP contribution in [0.1, 0.15) is 28.1 Å². The normalized spacial score (nSPS) is 11.3. The molecule has 2 aromatic rings. The number of hydrogen-bond donors (Lipinski definition) is 2. The van der Waals surface area contributed by atoms with Gasteiger partial charge in [-0.05, 0) is 19.4 Å². The molecule has 2 rings (SSSR count). The predicted molar refractivity (Wildman–Crippen MR) is 110 cm³/mol. The Morgan fingerprint density at radius 3 is 2.85 bits per heavy atom. The zero-order chi connectivity index (χ0) is 18.8. The molecule has 0 bridgehead atoms. The fourth-order valence-corrected chi connectivity index (χ4v) is 3.57. The minimum atomic E-state index is 0.497. The molecule has 1 aromatic carbocycles. The predicted octanol–water partition coefficient (Wildman–Crippen LogP) is 3.49. The quantitative estimate of drug-likeness (QED) is 0.402. The van der Waals surface area contributed by atoms with Crippen LogP contribution in [0.5, 0.6) is 5.75 Å². The summed E-state index contributed by atoms with van der Waals surface area (Å²) in [6, 6.07) is 7.98. The summed E-state index contributed by atoms with van der Waals surface area (Å²) in [5, 5.41) is 7.85. The molecule has 0 saturated carbocycles. The maximum absolute atomic E-state index is 5.69. The van der Waals surface area contributed by atoms with Crippen LogP contribution >= 0.6 is 11.3 Å². The van der Waals surface area contributed by atoms with Crippen molar-refractivity contribution in [3.05, 3.63) is 58.1 Å². The second kappa shape index (κ2) is 10.6. The highest BCUT2D eigenvalue weighted by molar-refractivity contribution is 7.11. The summed E-state index contributed by atoms with van der Waals surface area (Å²) in [7, 11) is 1.78. The fraction of sp³-hybridized carbons (Fsp3) is 0.400. The van der Waals surface area contributed by atoms with Crippen molar-refractivity contribution < 1.29 is 4.74 Å². The topological polar surface area (TPSA) is 58.5 Å². The average Bonchev–Trinajstić information content (AvgIpc) is 3.03. The maximum Gasteiger partial charge on any atom is 0.191 e. The van der Waals surface area contributed by atoms with Gasteiger partial charge in [0.1, 0.15) is 12.4 Å². The number of ether oxygens (including phenoxy) is 1. The molecule has 1 heterocycles. The van der Waals surface area contributed by atoms with Gasteiger partial charge < -0.3 is 15.4 Å². The number of thiazole rings is 1. The first-order valence-corrected chi connectivity index (χ1v) is 9.70. The van der Waals surface area contributed by atoms with E-state index in [2.05, 4.69) is 41.0 Å². The summed E-state index contributed by atoms with van der Waals surface area (Å²) in [6.07, 6.45) is 3.63. The Morgan fingerprint density at radius 1 is 1.35 bits per heavy atom. The van der Waals surface area contributed by atoms with Crippen molar-refractivity contribution >= 4 is 17.3 Å². The van der Waals surface area contributed by atoms with Crippen LogP contribution in [0.3, 0.4) is 0 Å². The molecule has 0 aliphatic carbocycles. The molecule has 0 radical (unpaired) electrons. The molecule has 0 aliphatic heterocycles. The SMILES string of the molecule is C=CCOc1ccccc1CNC(=NC)NCCc1nc(CC)c(C)s1. The zero-order valence-electron chi connectivity index (χ0n) is 15.8. The molecule has 0 spiro atoms. The van der Waals surface area contributed by atoms with Gasteiger partial charge >= 0.3 is 0 Å². The molecular weight excluding hydrogens is 344 g/mol. The van der Waals surface area contributed by atoms with Crippen LogP contribution in [0.15, 0.2) is 41.9 Å². The van der Waals surface area contributed by atoms with E-state index >= 15 is 0 Å². The van der Waals surface area contributed by atoms with Crippen LogP contribution in [-0.2, 0) is 19.4 Å². The maximum atomic E-state index is 5.69. The van der Waals surface area contributed by atoms with E-state index in [9.17, 15) is 0 Å². The minimum Gasteiger partial charge on any atom is -0.489 e.